The molecule has 1 aliphatic rings. The Morgan fingerprint density at radius 2 is 2.00 bits per heavy atom. The zero-order valence-electron chi connectivity index (χ0n) is 11.3. The van der Waals surface area contributed by atoms with E-state index in [1.807, 2.05) is 0 Å². The smallest absolute Gasteiger partial charge is 0.250 e. The van der Waals surface area contributed by atoms with Crippen LogP contribution in [0.4, 0.5) is 0 Å². The maximum absolute atomic E-state index is 11.9. The number of furan rings is 1. The van der Waals surface area contributed by atoms with Crippen molar-refractivity contribution in [3.05, 3.63) is 18.4 Å². The number of sulfone groups is 1. The molecule has 0 aromatic carbocycles. The number of hydrogen-bond acceptors (Lipinski definition) is 5. The summed E-state index contributed by atoms with van der Waals surface area (Å²) in [6, 6.07) is 3.66. The molecule has 7 heteroatoms. The maximum Gasteiger partial charge on any atom is 0.250 e. The Morgan fingerprint density at radius 1 is 1.25 bits per heavy atom. The highest BCUT2D eigenvalue weighted by atomic mass is 32.2. The van der Waals surface area contributed by atoms with Crippen LogP contribution in [0.5, 0.6) is 0 Å². The molecule has 0 radical (unpaired) electrons. The topological polar surface area (TPSA) is 78.0 Å². The van der Waals surface area contributed by atoms with Gasteiger partial charge in [-0.15, -0.1) is 10.2 Å². The second kappa shape index (κ2) is 5.05. The molecule has 0 aliphatic heterocycles. The van der Waals surface area contributed by atoms with E-state index >= 15 is 0 Å². The lowest BCUT2D eigenvalue weighted by atomic mass is 9.95. The fourth-order valence-corrected chi connectivity index (χ4v) is 3.55. The summed E-state index contributed by atoms with van der Waals surface area (Å²) in [5.74, 6) is 1.06. The third-order valence-electron chi connectivity index (χ3n) is 3.68. The molecule has 108 valence electrons. The average molecular weight is 295 g/mol. The normalized spacial score (nSPS) is 17.4. The molecule has 0 spiro atoms. The summed E-state index contributed by atoms with van der Waals surface area (Å²) in [4.78, 5) is 0. The van der Waals surface area contributed by atoms with Gasteiger partial charge in [0.05, 0.1) is 6.26 Å². The van der Waals surface area contributed by atoms with Crippen molar-refractivity contribution in [1.29, 1.82) is 0 Å². The van der Waals surface area contributed by atoms with E-state index in [-0.39, 0.29) is 11.2 Å². The summed E-state index contributed by atoms with van der Waals surface area (Å²) in [7, 11) is -3.41. The Morgan fingerprint density at radius 3 is 2.60 bits per heavy atom. The van der Waals surface area contributed by atoms with Crippen LogP contribution in [0.25, 0.3) is 11.6 Å². The molecule has 1 aliphatic carbocycles. The second-order valence-electron chi connectivity index (χ2n) is 5.22. The van der Waals surface area contributed by atoms with Gasteiger partial charge in [-0.2, -0.15) is 0 Å². The molecule has 0 atom stereocenters. The maximum atomic E-state index is 11.9. The van der Waals surface area contributed by atoms with Crippen molar-refractivity contribution in [3.63, 3.8) is 0 Å². The molecule has 0 N–H and O–H groups in total. The molecule has 0 bridgehead atoms. The zero-order valence-corrected chi connectivity index (χ0v) is 12.1. The fraction of sp³-hybridized carbons (Fsp3) is 0.538. The standard InChI is InChI=1S/C13H17N3O3S/c1-20(17,18)13-15-14-12(11-8-5-9-19-11)16(13)10-6-3-2-4-7-10/h5,8-10H,2-4,6-7H2,1H3. The van der Waals surface area contributed by atoms with E-state index in [4.69, 9.17) is 4.42 Å². The van der Waals surface area contributed by atoms with Crippen LogP contribution in [0.3, 0.4) is 0 Å². The van der Waals surface area contributed by atoms with Crippen molar-refractivity contribution in [3.8, 4) is 11.6 Å². The predicted molar refractivity (Wildman–Crippen MR) is 73.0 cm³/mol. The SMILES string of the molecule is CS(=O)(=O)c1nnc(-c2ccco2)n1C1CCCCC1. The Kier molecular flexibility index (Phi) is 3.37. The minimum Gasteiger partial charge on any atom is -0.461 e. The monoisotopic (exact) mass is 295 g/mol. The molecule has 20 heavy (non-hydrogen) atoms. The van der Waals surface area contributed by atoms with Gasteiger partial charge in [0.1, 0.15) is 0 Å². The van der Waals surface area contributed by atoms with E-state index < -0.39 is 9.84 Å². The summed E-state index contributed by atoms with van der Waals surface area (Å²) in [5, 5.41) is 7.96. The molecule has 0 saturated heterocycles. The Bertz CT molecular complexity index is 683. The third-order valence-corrected chi connectivity index (χ3v) is 4.62. The van der Waals surface area contributed by atoms with Crippen molar-refractivity contribution in [1.82, 2.24) is 14.8 Å². The van der Waals surface area contributed by atoms with E-state index in [1.165, 1.54) is 12.7 Å². The summed E-state index contributed by atoms with van der Waals surface area (Å²) >= 11 is 0. The first-order chi connectivity index (χ1) is 9.57. The van der Waals surface area contributed by atoms with Crippen LogP contribution in [0, 0.1) is 0 Å². The highest BCUT2D eigenvalue weighted by Crippen LogP contribution is 2.34. The number of rotatable bonds is 3. The van der Waals surface area contributed by atoms with E-state index in [0.29, 0.717) is 11.6 Å². The first-order valence-corrected chi connectivity index (χ1v) is 8.65. The van der Waals surface area contributed by atoms with Crippen molar-refractivity contribution in [2.45, 2.75) is 43.3 Å². The van der Waals surface area contributed by atoms with Gasteiger partial charge < -0.3 is 4.42 Å². The molecule has 3 rings (SSSR count). The lowest BCUT2D eigenvalue weighted by molar-refractivity contribution is 0.335. The summed E-state index contributed by atoms with van der Waals surface area (Å²) in [6.07, 6.45) is 8.02. The van der Waals surface area contributed by atoms with Gasteiger partial charge in [0, 0.05) is 12.3 Å². The zero-order chi connectivity index (χ0) is 14.2. The van der Waals surface area contributed by atoms with Crippen LogP contribution >= 0.6 is 0 Å². The molecule has 0 unspecified atom stereocenters. The first-order valence-electron chi connectivity index (χ1n) is 6.76. The van der Waals surface area contributed by atoms with E-state index in [0.717, 1.165) is 25.7 Å². The Balaban J connectivity index is 2.14. The number of nitrogens with zero attached hydrogens (tertiary/aromatic N) is 3. The van der Waals surface area contributed by atoms with Crippen molar-refractivity contribution >= 4 is 9.84 Å². The van der Waals surface area contributed by atoms with Gasteiger partial charge in [0.15, 0.2) is 5.76 Å². The van der Waals surface area contributed by atoms with Gasteiger partial charge in [0.25, 0.3) is 0 Å². The Hall–Kier alpha value is -1.63. The first kappa shape index (κ1) is 13.4. The minimum absolute atomic E-state index is 0.0378. The predicted octanol–water partition coefficient (Wildman–Crippen LogP) is 2.45. The van der Waals surface area contributed by atoms with Gasteiger partial charge in [0.2, 0.25) is 20.8 Å². The molecule has 0 amide bonds. The van der Waals surface area contributed by atoms with Crippen LogP contribution in [-0.2, 0) is 9.84 Å². The van der Waals surface area contributed by atoms with Crippen LogP contribution in [0.2, 0.25) is 0 Å². The molecule has 1 saturated carbocycles. The molecule has 2 aromatic heterocycles. The minimum atomic E-state index is -3.41. The van der Waals surface area contributed by atoms with Crippen molar-refractivity contribution in [2.24, 2.45) is 0 Å². The van der Waals surface area contributed by atoms with Crippen LogP contribution in [0.15, 0.2) is 28.0 Å². The Labute approximate surface area is 117 Å². The highest BCUT2D eigenvalue weighted by Gasteiger charge is 2.28. The fourth-order valence-electron chi connectivity index (χ4n) is 2.77. The second-order valence-corrected chi connectivity index (χ2v) is 7.13. The average Bonchev–Trinajstić information content (AvgIpc) is 3.07. The van der Waals surface area contributed by atoms with Gasteiger partial charge in [-0.1, -0.05) is 19.3 Å². The lowest BCUT2D eigenvalue weighted by Gasteiger charge is -2.24. The number of aromatic nitrogens is 3. The molecule has 2 aromatic rings. The third kappa shape index (κ3) is 2.37. The molecular formula is C13H17N3O3S. The summed E-state index contributed by atoms with van der Waals surface area (Å²) < 4.78 is 31.0. The number of hydrogen-bond donors (Lipinski definition) is 0. The van der Waals surface area contributed by atoms with Gasteiger partial charge in [-0.3, -0.25) is 4.57 Å². The van der Waals surface area contributed by atoms with Crippen LogP contribution in [-0.4, -0.2) is 29.4 Å². The van der Waals surface area contributed by atoms with Crippen molar-refractivity contribution < 1.29 is 12.8 Å². The van der Waals surface area contributed by atoms with E-state index in [9.17, 15) is 8.42 Å². The molecular weight excluding hydrogens is 278 g/mol. The van der Waals surface area contributed by atoms with Crippen LogP contribution in [0.1, 0.15) is 38.1 Å². The van der Waals surface area contributed by atoms with E-state index in [1.54, 1.807) is 23.0 Å². The van der Waals surface area contributed by atoms with Gasteiger partial charge >= 0.3 is 0 Å². The summed E-state index contributed by atoms with van der Waals surface area (Å²) in [6.45, 7) is 0. The van der Waals surface area contributed by atoms with Gasteiger partial charge in [-0.05, 0) is 25.0 Å². The quantitative estimate of drug-likeness (QED) is 0.869. The van der Waals surface area contributed by atoms with E-state index in [2.05, 4.69) is 10.2 Å². The summed E-state index contributed by atoms with van der Waals surface area (Å²) in [5.41, 5.74) is 0. The molecule has 6 nitrogen and oxygen atoms in total. The lowest BCUT2D eigenvalue weighted by Crippen LogP contribution is -2.18. The highest BCUT2D eigenvalue weighted by molar-refractivity contribution is 7.90. The largest absolute Gasteiger partial charge is 0.461 e. The molecule has 1 fully saturated rings. The molecule has 2 heterocycles. The van der Waals surface area contributed by atoms with Gasteiger partial charge in [-0.25, -0.2) is 8.42 Å². The van der Waals surface area contributed by atoms with Crippen molar-refractivity contribution in [2.75, 3.05) is 6.26 Å². The van der Waals surface area contributed by atoms with Crippen LogP contribution < -0.4 is 0 Å².